The number of Topliss-reactive ketones (excluding diaryl/α,β-unsaturated/α-hetero) is 1. The summed E-state index contributed by atoms with van der Waals surface area (Å²) in [6.07, 6.45) is 27.0. The van der Waals surface area contributed by atoms with Crippen molar-refractivity contribution in [2.75, 3.05) is 0 Å². The molecule has 0 aromatic rings. The highest BCUT2D eigenvalue weighted by molar-refractivity contribution is 6.70. The van der Waals surface area contributed by atoms with Crippen LogP contribution < -0.4 is 0 Å². The van der Waals surface area contributed by atoms with Crippen molar-refractivity contribution in [2.24, 2.45) is 11.8 Å². The first-order valence-corrected chi connectivity index (χ1v) is 16.8. The lowest BCUT2D eigenvalue weighted by atomic mass is 9.91. The van der Waals surface area contributed by atoms with E-state index in [4.69, 9.17) is 4.43 Å². The van der Waals surface area contributed by atoms with Crippen LogP contribution in [0.3, 0.4) is 0 Å². The minimum Gasteiger partial charge on any atom is -0.544 e. The van der Waals surface area contributed by atoms with Crippen LogP contribution in [0.1, 0.15) is 97.3 Å². The zero-order valence-corrected chi connectivity index (χ0v) is 22.6. The Morgan fingerprint density at radius 3 is 2.56 bits per heavy atom. The molecule has 0 N–H and O–H groups in total. The first-order valence-electron chi connectivity index (χ1n) is 13.3. The third-order valence-corrected chi connectivity index (χ3v) is 7.38. The van der Waals surface area contributed by atoms with Gasteiger partial charge in [0.15, 0.2) is 5.78 Å². The van der Waals surface area contributed by atoms with Gasteiger partial charge in [0, 0.05) is 6.42 Å². The number of hydrogen-bond acceptors (Lipinski definition) is 2. The summed E-state index contributed by atoms with van der Waals surface area (Å²) in [6.45, 7) is 11.1. The van der Waals surface area contributed by atoms with Gasteiger partial charge < -0.3 is 4.43 Å². The van der Waals surface area contributed by atoms with Gasteiger partial charge in [-0.25, -0.2) is 0 Å². The zero-order chi connectivity index (χ0) is 23.4. The van der Waals surface area contributed by atoms with Crippen LogP contribution in [0, 0.1) is 11.8 Å². The van der Waals surface area contributed by atoms with Gasteiger partial charge in [0.05, 0.1) is 5.57 Å². The largest absolute Gasteiger partial charge is 0.544 e. The highest BCUT2D eigenvalue weighted by atomic mass is 28.4. The van der Waals surface area contributed by atoms with Gasteiger partial charge in [0.25, 0.3) is 0 Å². The lowest BCUT2D eigenvalue weighted by Crippen LogP contribution is -2.26. The molecule has 180 valence electrons. The fraction of sp³-hybridized carbons (Fsp3) is 0.690. The highest BCUT2D eigenvalue weighted by Gasteiger charge is 2.28. The van der Waals surface area contributed by atoms with Gasteiger partial charge >= 0.3 is 0 Å². The first kappa shape index (κ1) is 26.9. The fourth-order valence-corrected chi connectivity index (χ4v) is 5.77. The van der Waals surface area contributed by atoms with Crippen molar-refractivity contribution in [3.63, 3.8) is 0 Å². The number of unbranched alkanes of at least 4 members (excludes halogenated alkanes) is 4. The van der Waals surface area contributed by atoms with Gasteiger partial charge in [0.2, 0.25) is 8.32 Å². The van der Waals surface area contributed by atoms with E-state index in [0.717, 1.165) is 48.9 Å². The van der Waals surface area contributed by atoms with Gasteiger partial charge in [0.1, 0.15) is 5.76 Å². The van der Waals surface area contributed by atoms with Crippen LogP contribution in [0.25, 0.3) is 0 Å². The van der Waals surface area contributed by atoms with Gasteiger partial charge in [-0.2, -0.15) is 0 Å². The lowest BCUT2D eigenvalue weighted by molar-refractivity contribution is -0.114. The van der Waals surface area contributed by atoms with Crippen LogP contribution in [-0.4, -0.2) is 14.1 Å². The molecule has 3 heteroatoms. The molecule has 0 aliphatic heterocycles. The summed E-state index contributed by atoms with van der Waals surface area (Å²) in [5, 5.41) is 0. The SMILES string of the molecule is CCCCCCC=C[C@H]1CCC[C@@H]1CC=CC(CCC)=C(O[Si](C)(C)C)C1=CCCC1=O. The molecule has 0 aromatic carbocycles. The quantitative estimate of drug-likeness (QED) is 0.0856. The predicted molar refractivity (Wildman–Crippen MR) is 141 cm³/mol. The standard InChI is InChI=1S/C29H48O2Si/c1-6-8-9-10-11-12-17-24-18-13-19-25(24)20-14-21-26(16-7-2)29(31-32(3,4)5)27-22-15-23-28(27)30/h12,14,17,21-22,24-25H,6-11,13,15-16,18-20,23H2,1-5H3/t24-,25+/m0/s1. The van der Waals surface area contributed by atoms with Crippen LogP contribution in [-0.2, 0) is 9.22 Å². The van der Waals surface area contributed by atoms with Crippen molar-refractivity contribution in [3.05, 3.63) is 47.3 Å². The molecule has 2 aliphatic rings. The Bertz CT molecular complexity index is 705. The minimum absolute atomic E-state index is 0.250. The second-order valence-electron chi connectivity index (χ2n) is 10.7. The van der Waals surface area contributed by atoms with Crippen molar-refractivity contribution in [1.82, 2.24) is 0 Å². The van der Waals surface area contributed by atoms with Crippen molar-refractivity contribution >= 4 is 14.1 Å². The van der Waals surface area contributed by atoms with Gasteiger partial charge in [-0.15, -0.1) is 0 Å². The molecule has 0 aromatic heterocycles. The van der Waals surface area contributed by atoms with Crippen LogP contribution in [0.2, 0.25) is 19.6 Å². The summed E-state index contributed by atoms with van der Waals surface area (Å²) >= 11 is 0. The molecule has 0 unspecified atom stereocenters. The van der Waals surface area contributed by atoms with Crippen molar-refractivity contribution < 1.29 is 9.22 Å². The molecule has 2 aliphatic carbocycles. The van der Waals surface area contributed by atoms with E-state index in [2.05, 4.69) is 63.9 Å². The Balaban J connectivity index is 2.07. The van der Waals surface area contributed by atoms with E-state index in [9.17, 15) is 4.79 Å². The van der Waals surface area contributed by atoms with Crippen molar-refractivity contribution in [1.29, 1.82) is 0 Å². The first-order chi connectivity index (χ1) is 15.4. The van der Waals surface area contributed by atoms with E-state index in [1.54, 1.807) is 0 Å². The molecule has 0 amide bonds. The van der Waals surface area contributed by atoms with E-state index in [1.165, 1.54) is 56.9 Å². The van der Waals surface area contributed by atoms with Crippen LogP contribution in [0.15, 0.2) is 47.3 Å². The summed E-state index contributed by atoms with van der Waals surface area (Å²) in [5.41, 5.74) is 2.06. The number of carbonyl (C=O) groups excluding carboxylic acids is 1. The fourth-order valence-electron chi connectivity index (χ4n) is 4.91. The number of allylic oxidation sites excluding steroid dienone is 7. The molecule has 0 radical (unpaired) electrons. The van der Waals surface area contributed by atoms with E-state index in [1.807, 2.05) is 0 Å². The van der Waals surface area contributed by atoms with Gasteiger partial charge in [-0.3, -0.25) is 4.79 Å². The maximum Gasteiger partial charge on any atom is 0.242 e. The topological polar surface area (TPSA) is 26.3 Å². The van der Waals surface area contributed by atoms with Crippen LogP contribution in [0.4, 0.5) is 0 Å². The van der Waals surface area contributed by atoms with E-state index < -0.39 is 8.32 Å². The predicted octanol–water partition coefficient (Wildman–Crippen LogP) is 9.07. The van der Waals surface area contributed by atoms with E-state index in [-0.39, 0.29) is 5.78 Å². The summed E-state index contributed by atoms with van der Waals surface area (Å²) in [5.74, 6) is 2.64. The smallest absolute Gasteiger partial charge is 0.242 e. The molecule has 0 heterocycles. The molecule has 0 bridgehead atoms. The number of rotatable bonds is 14. The normalized spacial score (nSPS) is 22.8. The van der Waals surface area contributed by atoms with Crippen LogP contribution in [0.5, 0.6) is 0 Å². The molecule has 0 saturated heterocycles. The minimum atomic E-state index is -1.81. The number of hydrogen-bond donors (Lipinski definition) is 0. The van der Waals surface area contributed by atoms with Crippen molar-refractivity contribution in [3.8, 4) is 0 Å². The molecule has 1 fully saturated rings. The Kier molecular flexibility index (Phi) is 11.8. The molecule has 2 nitrogen and oxygen atoms in total. The average molecular weight is 457 g/mol. The molecule has 1 saturated carbocycles. The summed E-state index contributed by atoms with van der Waals surface area (Å²) in [7, 11) is -1.81. The second kappa shape index (κ2) is 14.0. The number of ketones is 1. The Morgan fingerprint density at radius 1 is 1.09 bits per heavy atom. The number of carbonyl (C=O) groups is 1. The maximum absolute atomic E-state index is 12.5. The molecular weight excluding hydrogens is 408 g/mol. The Hall–Kier alpha value is -1.35. The van der Waals surface area contributed by atoms with E-state index >= 15 is 0 Å². The average Bonchev–Trinajstić information content (AvgIpc) is 3.36. The lowest BCUT2D eigenvalue weighted by Gasteiger charge is -2.24. The molecule has 32 heavy (non-hydrogen) atoms. The summed E-state index contributed by atoms with van der Waals surface area (Å²) in [6, 6.07) is 0. The Labute approximate surface area is 199 Å². The molecule has 0 spiro atoms. The third-order valence-electron chi connectivity index (χ3n) is 6.57. The Morgan fingerprint density at radius 2 is 1.91 bits per heavy atom. The second-order valence-corrected chi connectivity index (χ2v) is 15.1. The van der Waals surface area contributed by atoms with Crippen LogP contribution >= 0.6 is 0 Å². The van der Waals surface area contributed by atoms with Gasteiger partial charge in [-0.05, 0) is 82.0 Å². The van der Waals surface area contributed by atoms with E-state index in [0.29, 0.717) is 6.42 Å². The third kappa shape index (κ3) is 9.25. The highest BCUT2D eigenvalue weighted by Crippen LogP contribution is 2.36. The summed E-state index contributed by atoms with van der Waals surface area (Å²) < 4.78 is 6.51. The molecule has 2 atom stereocenters. The maximum atomic E-state index is 12.5. The monoisotopic (exact) mass is 456 g/mol. The molecular formula is C29H48O2Si. The zero-order valence-electron chi connectivity index (χ0n) is 21.6. The van der Waals surface area contributed by atoms with Crippen molar-refractivity contribution in [2.45, 2.75) is 117 Å². The summed E-state index contributed by atoms with van der Waals surface area (Å²) in [4.78, 5) is 12.5. The van der Waals surface area contributed by atoms with Gasteiger partial charge in [-0.1, -0.05) is 76.3 Å². The molecule has 2 rings (SSSR count).